The third-order valence-corrected chi connectivity index (χ3v) is 5.55. The first-order chi connectivity index (χ1) is 12.5. The number of nitrogens with zero attached hydrogens (tertiary/aromatic N) is 1. The minimum atomic E-state index is -3.70. The summed E-state index contributed by atoms with van der Waals surface area (Å²) < 4.78 is 33.2. The molecule has 6 heteroatoms. The third kappa shape index (κ3) is 3.07. The number of nitrogens with one attached hydrogen (secondary N) is 1. The molecule has 0 saturated heterocycles. The van der Waals surface area contributed by atoms with Crippen molar-refractivity contribution in [2.75, 3.05) is 11.8 Å². The number of pyridine rings is 1. The number of methoxy groups -OCH3 is 1. The molecular formula is C20H16N2O3S. The zero-order chi connectivity index (χ0) is 18.1. The minimum absolute atomic E-state index is 0.214. The van der Waals surface area contributed by atoms with E-state index in [1.165, 1.54) is 6.20 Å². The Bertz CT molecular complexity index is 1220. The molecule has 0 atom stereocenters. The van der Waals surface area contributed by atoms with Crippen LogP contribution < -0.4 is 9.46 Å². The standard InChI is InChI=1S/C20H16N2O3S/c1-25-18-8-6-16-10-17(13-21-20(16)12-18)22-26(23,24)19-9-7-14-4-2-3-5-15(14)11-19/h2-13,22H,1H3. The van der Waals surface area contributed by atoms with Crippen LogP contribution >= 0.6 is 0 Å². The van der Waals surface area contributed by atoms with Gasteiger partial charge in [0, 0.05) is 11.5 Å². The monoisotopic (exact) mass is 364 g/mol. The van der Waals surface area contributed by atoms with Crippen molar-refractivity contribution in [2.24, 2.45) is 0 Å². The molecule has 0 radical (unpaired) electrons. The van der Waals surface area contributed by atoms with Crippen molar-refractivity contribution in [1.82, 2.24) is 4.98 Å². The number of sulfonamides is 1. The van der Waals surface area contributed by atoms with Gasteiger partial charge in [0.15, 0.2) is 0 Å². The predicted octanol–water partition coefficient (Wildman–Crippen LogP) is 4.20. The molecule has 1 heterocycles. The van der Waals surface area contributed by atoms with Crippen molar-refractivity contribution in [1.29, 1.82) is 0 Å². The second kappa shape index (κ2) is 6.31. The van der Waals surface area contributed by atoms with Gasteiger partial charge in [0.25, 0.3) is 10.0 Å². The van der Waals surface area contributed by atoms with Crippen LogP contribution in [0.1, 0.15) is 0 Å². The van der Waals surface area contributed by atoms with Crippen molar-refractivity contribution in [3.8, 4) is 5.75 Å². The number of anilines is 1. The Morgan fingerprint density at radius 2 is 1.65 bits per heavy atom. The fourth-order valence-electron chi connectivity index (χ4n) is 2.83. The highest BCUT2D eigenvalue weighted by Gasteiger charge is 2.15. The SMILES string of the molecule is COc1ccc2cc(NS(=O)(=O)c3ccc4ccccc4c3)cnc2c1. The predicted molar refractivity (Wildman–Crippen MR) is 103 cm³/mol. The van der Waals surface area contributed by atoms with Gasteiger partial charge in [-0.05, 0) is 41.1 Å². The zero-order valence-electron chi connectivity index (χ0n) is 14.0. The molecule has 1 aromatic heterocycles. The van der Waals surface area contributed by atoms with Gasteiger partial charge in [-0.25, -0.2) is 8.42 Å². The Kier molecular flexibility index (Phi) is 3.97. The van der Waals surface area contributed by atoms with Crippen LogP contribution in [0.2, 0.25) is 0 Å². The van der Waals surface area contributed by atoms with Crippen LogP contribution in [0.25, 0.3) is 21.7 Å². The van der Waals surface area contributed by atoms with E-state index >= 15 is 0 Å². The molecule has 1 N–H and O–H groups in total. The van der Waals surface area contributed by atoms with Crippen molar-refractivity contribution in [2.45, 2.75) is 4.90 Å². The molecule has 26 heavy (non-hydrogen) atoms. The van der Waals surface area contributed by atoms with E-state index < -0.39 is 10.0 Å². The van der Waals surface area contributed by atoms with E-state index in [-0.39, 0.29) is 4.90 Å². The maximum absolute atomic E-state index is 12.7. The number of hydrogen-bond donors (Lipinski definition) is 1. The summed E-state index contributed by atoms with van der Waals surface area (Å²) in [5, 5.41) is 2.69. The summed E-state index contributed by atoms with van der Waals surface area (Å²) in [4.78, 5) is 4.52. The molecule has 0 unspecified atom stereocenters. The van der Waals surface area contributed by atoms with Crippen LogP contribution in [0.5, 0.6) is 5.75 Å². The van der Waals surface area contributed by atoms with Crippen LogP contribution in [0.4, 0.5) is 5.69 Å². The van der Waals surface area contributed by atoms with Gasteiger partial charge in [0.1, 0.15) is 5.75 Å². The number of benzene rings is 3. The average molecular weight is 364 g/mol. The molecular weight excluding hydrogens is 348 g/mol. The molecule has 0 aliphatic rings. The van der Waals surface area contributed by atoms with E-state index in [0.29, 0.717) is 11.4 Å². The van der Waals surface area contributed by atoms with Crippen LogP contribution in [-0.4, -0.2) is 20.5 Å². The van der Waals surface area contributed by atoms with Crippen molar-refractivity contribution in [3.05, 3.63) is 72.9 Å². The Morgan fingerprint density at radius 1 is 0.885 bits per heavy atom. The summed E-state index contributed by atoms with van der Waals surface area (Å²) in [6.07, 6.45) is 1.50. The van der Waals surface area contributed by atoms with Crippen LogP contribution in [0, 0.1) is 0 Å². The largest absolute Gasteiger partial charge is 0.497 e. The molecule has 0 aliphatic carbocycles. The Hall–Kier alpha value is -3.12. The average Bonchev–Trinajstić information content (AvgIpc) is 2.67. The minimum Gasteiger partial charge on any atom is -0.497 e. The first kappa shape index (κ1) is 16.4. The Balaban J connectivity index is 1.69. The lowest BCUT2D eigenvalue weighted by atomic mass is 10.1. The number of aromatic nitrogens is 1. The first-order valence-electron chi connectivity index (χ1n) is 8.01. The number of hydrogen-bond acceptors (Lipinski definition) is 4. The van der Waals surface area contributed by atoms with Gasteiger partial charge in [-0.15, -0.1) is 0 Å². The third-order valence-electron chi connectivity index (χ3n) is 4.17. The van der Waals surface area contributed by atoms with Crippen molar-refractivity contribution >= 4 is 37.4 Å². The van der Waals surface area contributed by atoms with Gasteiger partial charge in [-0.1, -0.05) is 30.3 Å². The molecule has 0 bridgehead atoms. The molecule has 4 aromatic rings. The lowest BCUT2D eigenvalue weighted by molar-refractivity contribution is 0.415. The topological polar surface area (TPSA) is 68.3 Å². The van der Waals surface area contributed by atoms with Crippen LogP contribution in [-0.2, 0) is 10.0 Å². The Morgan fingerprint density at radius 3 is 2.46 bits per heavy atom. The van der Waals surface area contributed by atoms with Gasteiger partial charge in [0.05, 0.1) is 29.4 Å². The van der Waals surface area contributed by atoms with Crippen LogP contribution in [0.3, 0.4) is 0 Å². The van der Waals surface area contributed by atoms with E-state index in [4.69, 9.17) is 4.74 Å². The van der Waals surface area contributed by atoms with E-state index in [1.807, 2.05) is 36.4 Å². The quantitative estimate of drug-likeness (QED) is 0.589. The highest BCUT2D eigenvalue weighted by atomic mass is 32.2. The van der Waals surface area contributed by atoms with E-state index in [1.54, 1.807) is 37.4 Å². The highest BCUT2D eigenvalue weighted by Crippen LogP contribution is 2.24. The summed E-state index contributed by atoms with van der Waals surface area (Å²) in [7, 11) is -2.11. The van der Waals surface area contributed by atoms with Gasteiger partial charge in [-0.2, -0.15) is 0 Å². The van der Waals surface area contributed by atoms with Gasteiger partial charge < -0.3 is 4.74 Å². The molecule has 3 aromatic carbocycles. The summed E-state index contributed by atoms with van der Waals surface area (Å²) in [5.74, 6) is 0.703. The van der Waals surface area contributed by atoms with E-state index in [0.717, 1.165) is 21.7 Å². The second-order valence-electron chi connectivity index (χ2n) is 5.90. The van der Waals surface area contributed by atoms with Gasteiger partial charge in [-0.3, -0.25) is 9.71 Å². The molecule has 0 aliphatic heterocycles. The zero-order valence-corrected chi connectivity index (χ0v) is 14.8. The molecule has 0 amide bonds. The lowest BCUT2D eigenvalue weighted by Gasteiger charge is -2.10. The van der Waals surface area contributed by atoms with Gasteiger partial charge >= 0.3 is 0 Å². The number of rotatable bonds is 4. The van der Waals surface area contributed by atoms with E-state index in [9.17, 15) is 8.42 Å². The van der Waals surface area contributed by atoms with Crippen molar-refractivity contribution in [3.63, 3.8) is 0 Å². The lowest BCUT2D eigenvalue weighted by Crippen LogP contribution is -2.13. The molecule has 5 nitrogen and oxygen atoms in total. The van der Waals surface area contributed by atoms with E-state index in [2.05, 4.69) is 9.71 Å². The maximum atomic E-state index is 12.7. The smallest absolute Gasteiger partial charge is 0.261 e. The Labute approximate surface area is 151 Å². The fourth-order valence-corrected chi connectivity index (χ4v) is 3.90. The van der Waals surface area contributed by atoms with Crippen molar-refractivity contribution < 1.29 is 13.2 Å². The molecule has 0 fully saturated rings. The molecule has 130 valence electrons. The summed E-state index contributed by atoms with van der Waals surface area (Å²) in [5.41, 5.74) is 1.15. The fraction of sp³-hybridized carbons (Fsp3) is 0.0500. The van der Waals surface area contributed by atoms with Gasteiger partial charge in [0.2, 0.25) is 0 Å². The summed E-state index contributed by atoms with van der Waals surface area (Å²) >= 11 is 0. The maximum Gasteiger partial charge on any atom is 0.261 e. The summed E-state index contributed by atoms with van der Waals surface area (Å²) in [6, 6.07) is 19.9. The summed E-state index contributed by atoms with van der Waals surface area (Å²) in [6.45, 7) is 0. The number of fused-ring (bicyclic) bond motifs is 2. The van der Waals surface area contributed by atoms with Crippen LogP contribution in [0.15, 0.2) is 77.8 Å². The molecule has 4 rings (SSSR count). The second-order valence-corrected chi connectivity index (χ2v) is 7.58. The molecule has 0 saturated carbocycles. The molecule has 0 spiro atoms. The normalized spacial score (nSPS) is 11.6. The number of ether oxygens (including phenoxy) is 1. The highest BCUT2D eigenvalue weighted by molar-refractivity contribution is 7.92. The first-order valence-corrected chi connectivity index (χ1v) is 9.49.